The molecule has 0 rings (SSSR count). The van der Waals surface area contributed by atoms with Crippen LogP contribution in [-0.2, 0) is 16.1 Å². The minimum Gasteiger partial charge on any atom is -0.598 e. The van der Waals surface area contributed by atoms with Gasteiger partial charge in [-0.25, -0.2) is 0 Å². The molecule has 0 aliphatic rings. The van der Waals surface area contributed by atoms with E-state index in [1.54, 1.807) is 34.6 Å². The molecular formula is C13H22F3NO3S. The van der Waals surface area contributed by atoms with Gasteiger partial charge in [-0.1, -0.05) is 6.08 Å². The first-order valence-corrected chi connectivity index (χ1v) is 7.50. The third-order valence-electron chi connectivity index (χ3n) is 2.21. The van der Waals surface area contributed by atoms with Gasteiger partial charge in [0.1, 0.15) is 10.5 Å². The number of allylic oxidation sites excluding steroid dienone is 2. The SMILES string of the molecule is C/C=C\C(O)=C(/CC(C)N[S@+]([O-])C(C)(C)C)OC(F)(F)F. The van der Waals surface area contributed by atoms with Gasteiger partial charge in [0, 0.05) is 17.8 Å². The lowest BCUT2D eigenvalue weighted by molar-refractivity contribution is -0.307. The molecule has 0 aromatic heterocycles. The van der Waals surface area contributed by atoms with Crippen molar-refractivity contribution >= 4 is 11.4 Å². The molecule has 0 aromatic rings. The molecule has 0 aromatic carbocycles. The Balaban J connectivity index is 4.95. The summed E-state index contributed by atoms with van der Waals surface area (Å²) in [4.78, 5) is 0. The third-order valence-corrected chi connectivity index (χ3v) is 3.93. The summed E-state index contributed by atoms with van der Waals surface area (Å²) in [6.07, 6.45) is -2.65. The van der Waals surface area contributed by atoms with Crippen molar-refractivity contribution in [3.8, 4) is 0 Å². The summed E-state index contributed by atoms with van der Waals surface area (Å²) in [7, 11) is 0. The fourth-order valence-corrected chi connectivity index (χ4v) is 2.07. The summed E-state index contributed by atoms with van der Waals surface area (Å²) in [5.41, 5.74) is 0. The summed E-state index contributed by atoms with van der Waals surface area (Å²) < 4.78 is 54.9. The lowest BCUT2D eigenvalue weighted by Crippen LogP contribution is -2.44. The number of aliphatic hydroxyl groups excluding tert-OH is 1. The third kappa shape index (κ3) is 8.90. The van der Waals surface area contributed by atoms with Crippen LogP contribution in [-0.4, -0.2) is 26.8 Å². The predicted molar refractivity (Wildman–Crippen MR) is 76.7 cm³/mol. The van der Waals surface area contributed by atoms with Crippen LogP contribution in [0.2, 0.25) is 0 Å². The van der Waals surface area contributed by atoms with Crippen molar-refractivity contribution < 1.29 is 27.6 Å². The average molecular weight is 329 g/mol. The van der Waals surface area contributed by atoms with E-state index in [4.69, 9.17) is 0 Å². The zero-order valence-electron chi connectivity index (χ0n) is 12.7. The van der Waals surface area contributed by atoms with Crippen molar-refractivity contribution in [1.29, 1.82) is 0 Å². The zero-order valence-corrected chi connectivity index (χ0v) is 13.6. The Labute approximate surface area is 126 Å². The minimum absolute atomic E-state index is 0.252. The maximum absolute atomic E-state index is 12.3. The van der Waals surface area contributed by atoms with Gasteiger partial charge in [-0.3, -0.25) is 0 Å². The standard InChI is InChI=1S/C13H22F3NO3S/c1-6-7-10(18)11(20-13(14,15)16)8-9(2)17-21(19)12(3,4)5/h6-7,9,17-18H,8H2,1-5H3/b7-6-,11-10-/t9?,21-/m1/s1. The fraction of sp³-hybridized carbons (Fsp3) is 0.692. The quantitative estimate of drug-likeness (QED) is 0.443. The molecule has 124 valence electrons. The molecular weight excluding hydrogens is 307 g/mol. The molecule has 0 aliphatic heterocycles. The van der Waals surface area contributed by atoms with E-state index in [1.165, 1.54) is 6.08 Å². The molecule has 2 atom stereocenters. The Bertz CT molecular complexity index is 389. The largest absolute Gasteiger partial charge is 0.598 e. The first-order valence-electron chi connectivity index (χ1n) is 6.35. The number of ether oxygens (including phenoxy) is 1. The van der Waals surface area contributed by atoms with Gasteiger partial charge in [-0.2, -0.15) is 0 Å². The highest BCUT2D eigenvalue weighted by atomic mass is 32.2. The number of alkyl halides is 3. The van der Waals surface area contributed by atoms with E-state index in [-0.39, 0.29) is 6.42 Å². The van der Waals surface area contributed by atoms with Crippen LogP contribution in [0.15, 0.2) is 23.7 Å². The summed E-state index contributed by atoms with van der Waals surface area (Å²) in [5, 5.41) is 9.58. The Hall–Kier alpha value is -0.860. The zero-order chi connectivity index (χ0) is 16.8. The fourth-order valence-electron chi connectivity index (χ4n) is 1.27. The number of nitrogens with one attached hydrogen (secondary N) is 1. The molecule has 2 N–H and O–H groups in total. The number of hydrogen-bond donors (Lipinski definition) is 2. The van der Waals surface area contributed by atoms with E-state index in [1.807, 2.05) is 0 Å². The monoisotopic (exact) mass is 329 g/mol. The molecule has 0 spiro atoms. The summed E-state index contributed by atoms with van der Waals surface area (Å²) in [6, 6.07) is -0.574. The molecule has 4 nitrogen and oxygen atoms in total. The van der Waals surface area contributed by atoms with E-state index in [0.29, 0.717) is 0 Å². The Morgan fingerprint density at radius 2 is 1.90 bits per heavy atom. The van der Waals surface area contributed by atoms with Gasteiger partial charge in [0.2, 0.25) is 0 Å². The molecule has 21 heavy (non-hydrogen) atoms. The summed E-state index contributed by atoms with van der Waals surface area (Å²) in [5.74, 6) is -1.23. The van der Waals surface area contributed by atoms with E-state index < -0.39 is 40.0 Å². The topological polar surface area (TPSA) is 64.5 Å². The Morgan fingerprint density at radius 1 is 1.38 bits per heavy atom. The summed E-state index contributed by atoms with van der Waals surface area (Å²) in [6.45, 7) is 8.33. The van der Waals surface area contributed by atoms with Crippen molar-refractivity contribution in [2.75, 3.05) is 0 Å². The normalized spacial score (nSPS) is 17.6. The number of rotatable bonds is 6. The molecule has 0 fully saturated rings. The second kappa shape index (κ2) is 7.95. The lowest BCUT2D eigenvalue weighted by atomic mass is 10.2. The molecule has 0 radical (unpaired) electrons. The first-order chi connectivity index (χ1) is 9.36. The van der Waals surface area contributed by atoms with Crippen molar-refractivity contribution in [1.82, 2.24) is 4.72 Å². The number of halogens is 3. The molecule has 0 amide bonds. The van der Waals surface area contributed by atoms with Gasteiger partial charge < -0.3 is 14.4 Å². The van der Waals surface area contributed by atoms with Gasteiger partial charge >= 0.3 is 6.36 Å². The smallest absolute Gasteiger partial charge is 0.572 e. The van der Waals surface area contributed by atoms with Crippen LogP contribution in [0.4, 0.5) is 13.2 Å². The molecule has 1 unspecified atom stereocenters. The molecule has 0 bridgehead atoms. The van der Waals surface area contributed by atoms with Crippen LogP contribution >= 0.6 is 0 Å². The maximum atomic E-state index is 12.3. The van der Waals surface area contributed by atoms with E-state index >= 15 is 0 Å². The highest BCUT2D eigenvalue weighted by Gasteiger charge is 2.35. The Morgan fingerprint density at radius 3 is 2.29 bits per heavy atom. The van der Waals surface area contributed by atoms with Crippen LogP contribution in [0, 0.1) is 0 Å². The molecule has 8 heteroatoms. The number of aliphatic hydroxyl groups is 1. The van der Waals surface area contributed by atoms with Crippen molar-refractivity contribution in [2.24, 2.45) is 0 Å². The van der Waals surface area contributed by atoms with Crippen molar-refractivity contribution in [3.05, 3.63) is 23.7 Å². The van der Waals surface area contributed by atoms with Gasteiger partial charge in [0.25, 0.3) is 0 Å². The van der Waals surface area contributed by atoms with Crippen LogP contribution in [0.1, 0.15) is 41.0 Å². The van der Waals surface area contributed by atoms with Crippen LogP contribution in [0.3, 0.4) is 0 Å². The van der Waals surface area contributed by atoms with Crippen molar-refractivity contribution in [3.63, 3.8) is 0 Å². The first kappa shape index (κ1) is 20.1. The van der Waals surface area contributed by atoms with Crippen molar-refractivity contribution in [2.45, 2.75) is 58.2 Å². The Kier molecular flexibility index (Phi) is 7.63. The van der Waals surface area contributed by atoms with Gasteiger partial charge in [0.15, 0.2) is 5.76 Å². The molecule has 0 heterocycles. The average Bonchev–Trinajstić information content (AvgIpc) is 2.25. The van der Waals surface area contributed by atoms with E-state index in [2.05, 4.69) is 9.46 Å². The summed E-state index contributed by atoms with van der Waals surface area (Å²) >= 11 is -1.43. The van der Waals surface area contributed by atoms with Gasteiger partial charge in [-0.15, -0.1) is 17.9 Å². The van der Waals surface area contributed by atoms with Crippen LogP contribution < -0.4 is 4.72 Å². The van der Waals surface area contributed by atoms with E-state index in [9.17, 15) is 22.8 Å². The molecule has 0 aliphatic carbocycles. The predicted octanol–water partition coefficient (Wildman–Crippen LogP) is 3.70. The van der Waals surface area contributed by atoms with E-state index in [0.717, 1.165) is 6.08 Å². The highest BCUT2D eigenvalue weighted by Crippen LogP contribution is 2.26. The second-order valence-electron chi connectivity index (χ2n) is 5.46. The van der Waals surface area contributed by atoms with Gasteiger partial charge in [-0.05, 0) is 40.7 Å². The number of hydrogen-bond acceptors (Lipinski definition) is 4. The highest BCUT2D eigenvalue weighted by molar-refractivity contribution is 7.90. The molecule has 0 saturated heterocycles. The van der Waals surface area contributed by atoms with Crippen LogP contribution in [0.25, 0.3) is 0 Å². The minimum atomic E-state index is -4.90. The second-order valence-corrected chi connectivity index (χ2v) is 7.46. The molecule has 0 saturated carbocycles. The lowest BCUT2D eigenvalue weighted by Gasteiger charge is -2.27. The maximum Gasteiger partial charge on any atom is 0.572 e. The van der Waals surface area contributed by atoms with Gasteiger partial charge in [0.05, 0.1) is 6.04 Å². The van der Waals surface area contributed by atoms with Crippen LogP contribution in [0.5, 0.6) is 0 Å².